The van der Waals surface area contributed by atoms with E-state index in [4.69, 9.17) is 23.2 Å². The Hall–Kier alpha value is -1.68. The average molecular weight is 574 g/mol. The molecule has 0 saturated carbocycles. The molecule has 3 heterocycles. The number of hydrogen-bond donors (Lipinski definition) is 1. The fraction of sp³-hybridized carbons (Fsp3) is 0.263. The van der Waals surface area contributed by atoms with Crippen LogP contribution in [0.5, 0.6) is 0 Å². The molecule has 0 unspecified atom stereocenters. The first-order valence-electron chi connectivity index (χ1n) is 9.29. The summed E-state index contributed by atoms with van der Waals surface area (Å²) in [5.41, 5.74) is 2.58. The van der Waals surface area contributed by atoms with Crippen molar-refractivity contribution < 1.29 is 0 Å². The van der Waals surface area contributed by atoms with E-state index in [-0.39, 0.29) is 0 Å². The highest BCUT2D eigenvalue weighted by Gasteiger charge is 2.19. The van der Waals surface area contributed by atoms with Crippen molar-refractivity contribution in [1.82, 2.24) is 34.7 Å². The van der Waals surface area contributed by atoms with E-state index in [1.807, 2.05) is 12.1 Å². The summed E-state index contributed by atoms with van der Waals surface area (Å²) in [5, 5.41) is 15.1. The largest absolute Gasteiger partial charge is 0.317 e. The van der Waals surface area contributed by atoms with Gasteiger partial charge in [-0.05, 0) is 67.3 Å². The Morgan fingerprint density at radius 3 is 2.57 bits per heavy atom. The highest BCUT2D eigenvalue weighted by atomic mass is 79.9. The van der Waals surface area contributed by atoms with E-state index in [1.54, 1.807) is 10.6 Å². The zero-order valence-electron chi connectivity index (χ0n) is 15.9. The summed E-state index contributed by atoms with van der Waals surface area (Å²) < 4.78 is 5.74. The molecular weight excluding hydrogens is 557 g/mol. The highest BCUT2D eigenvalue weighted by molar-refractivity contribution is 9.13. The number of benzene rings is 1. The molecule has 0 radical (unpaired) electrons. The van der Waals surface area contributed by atoms with Crippen LogP contribution in [-0.4, -0.2) is 34.7 Å². The minimum absolute atomic E-state index is 0.378. The van der Waals surface area contributed by atoms with Crippen molar-refractivity contribution >= 4 is 55.1 Å². The molecule has 4 rings (SSSR count). The van der Waals surface area contributed by atoms with E-state index >= 15 is 0 Å². The van der Waals surface area contributed by atoms with Crippen molar-refractivity contribution in [2.75, 3.05) is 0 Å². The molecule has 1 N–H and O–H groups in total. The van der Waals surface area contributed by atoms with Gasteiger partial charge in [-0.2, -0.15) is 5.21 Å². The van der Waals surface area contributed by atoms with E-state index in [0.29, 0.717) is 28.2 Å². The summed E-state index contributed by atoms with van der Waals surface area (Å²) in [5.74, 6) is 1.43. The molecule has 0 fully saturated rings. The number of imidazole rings is 1. The van der Waals surface area contributed by atoms with Gasteiger partial charge in [0.25, 0.3) is 0 Å². The molecule has 4 aromatic rings. The minimum Gasteiger partial charge on any atom is -0.317 e. The average Bonchev–Trinajstić information content (AvgIpc) is 3.42. The molecule has 3 aromatic heterocycles. The number of H-pyrrole nitrogens is 1. The van der Waals surface area contributed by atoms with Gasteiger partial charge in [0, 0.05) is 18.7 Å². The second-order valence-electron chi connectivity index (χ2n) is 6.70. The van der Waals surface area contributed by atoms with Gasteiger partial charge in [0.05, 0.1) is 5.02 Å². The third kappa shape index (κ3) is 4.21. The second-order valence-corrected chi connectivity index (χ2v) is 9.00. The first-order chi connectivity index (χ1) is 14.5. The highest BCUT2D eigenvalue weighted by Crippen LogP contribution is 2.34. The predicted molar refractivity (Wildman–Crippen MR) is 124 cm³/mol. The Balaban J connectivity index is 1.65. The number of unbranched alkanes of at least 4 members (excludes halogenated alkanes) is 1. The molecule has 11 heteroatoms. The summed E-state index contributed by atoms with van der Waals surface area (Å²) in [6, 6.07) is 9.77. The fourth-order valence-corrected chi connectivity index (χ4v) is 4.69. The molecule has 0 amide bonds. The number of rotatable bonds is 7. The lowest BCUT2D eigenvalue weighted by Gasteiger charge is -2.12. The van der Waals surface area contributed by atoms with E-state index in [1.165, 1.54) is 0 Å². The zero-order valence-corrected chi connectivity index (χ0v) is 20.6. The molecular formula is C19H17Br2Cl2N7. The van der Waals surface area contributed by atoms with Gasteiger partial charge in [-0.1, -0.05) is 48.7 Å². The Morgan fingerprint density at radius 1 is 1.13 bits per heavy atom. The van der Waals surface area contributed by atoms with Gasteiger partial charge in [0.1, 0.15) is 25.9 Å². The first kappa shape index (κ1) is 21.5. The van der Waals surface area contributed by atoms with Crippen LogP contribution in [0.1, 0.15) is 31.2 Å². The third-order valence-electron chi connectivity index (χ3n) is 4.70. The van der Waals surface area contributed by atoms with Crippen LogP contribution in [-0.2, 0) is 13.0 Å². The smallest absolute Gasteiger partial charge is 0.222 e. The van der Waals surface area contributed by atoms with E-state index in [9.17, 15) is 0 Å². The Morgan fingerprint density at radius 2 is 1.90 bits per heavy atom. The van der Waals surface area contributed by atoms with Crippen molar-refractivity contribution in [3.63, 3.8) is 0 Å². The number of nitrogens with one attached hydrogen (secondary N) is 1. The van der Waals surface area contributed by atoms with Gasteiger partial charge in [0.15, 0.2) is 0 Å². The standard InChI is InChI=1S/C19H17Br2Cl2N7/c1-2-3-4-15-24-17(20)18(21)29(15)10-11-5-7-12(8-6-11)30-14(23)9-13(22)16(30)19-25-27-28-26-19/h5-9H,2-4,10H2,1H3,(H,25,26,27,28). The molecule has 0 aliphatic carbocycles. The lowest BCUT2D eigenvalue weighted by molar-refractivity contribution is 0.670. The summed E-state index contributed by atoms with van der Waals surface area (Å²) in [6.45, 7) is 2.88. The first-order valence-corrected chi connectivity index (χ1v) is 11.6. The maximum atomic E-state index is 6.43. The van der Waals surface area contributed by atoms with Gasteiger partial charge >= 0.3 is 0 Å². The van der Waals surface area contributed by atoms with Crippen molar-refractivity contribution in [3.05, 3.63) is 61.1 Å². The van der Waals surface area contributed by atoms with Crippen LogP contribution in [0.25, 0.3) is 17.2 Å². The minimum atomic E-state index is 0.378. The molecule has 0 atom stereocenters. The van der Waals surface area contributed by atoms with E-state index < -0.39 is 0 Å². The normalized spacial score (nSPS) is 11.4. The van der Waals surface area contributed by atoms with Crippen molar-refractivity contribution in [2.45, 2.75) is 32.7 Å². The van der Waals surface area contributed by atoms with Crippen LogP contribution in [0, 0.1) is 0 Å². The van der Waals surface area contributed by atoms with Crippen LogP contribution >= 0.6 is 55.1 Å². The van der Waals surface area contributed by atoms with Crippen LogP contribution in [0.3, 0.4) is 0 Å². The van der Waals surface area contributed by atoms with Gasteiger partial charge in [0.2, 0.25) is 5.82 Å². The van der Waals surface area contributed by atoms with Crippen LogP contribution in [0.2, 0.25) is 10.2 Å². The number of aromatic nitrogens is 7. The third-order valence-corrected chi connectivity index (χ3v) is 7.16. The Kier molecular flexibility index (Phi) is 6.62. The summed E-state index contributed by atoms with van der Waals surface area (Å²) in [6.07, 6.45) is 3.16. The van der Waals surface area contributed by atoms with Gasteiger partial charge in [-0.15, -0.1) is 10.2 Å². The van der Waals surface area contributed by atoms with Crippen LogP contribution in [0.15, 0.2) is 39.5 Å². The maximum absolute atomic E-state index is 6.43. The van der Waals surface area contributed by atoms with Gasteiger partial charge in [-0.25, -0.2) is 4.98 Å². The molecule has 30 heavy (non-hydrogen) atoms. The molecule has 0 saturated heterocycles. The van der Waals surface area contributed by atoms with E-state index in [2.05, 4.69) is 81.1 Å². The van der Waals surface area contributed by atoms with Crippen molar-refractivity contribution in [3.8, 4) is 17.2 Å². The molecule has 0 aliphatic heterocycles. The summed E-state index contributed by atoms with van der Waals surface area (Å²) in [4.78, 5) is 4.64. The van der Waals surface area contributed by atoms with Gasteiger partial charge < -0.3 is 4.57 Å². The number of halogens is 4. The Labute approximate surface area is 200 Å². The molecule has 156 valence electrons. The number of nitrogens with zero attached hydrogens (tertiary/aromatic N) is 6. The maximum Gasteiger partial charge on any atom is 0.222 e. The molecule has 0 spiro atoms. The van der Waals surface area contributed by atoms with E-state index in [0.717, 1.165) is 45.5 Å². The molecule has 0 aliphatic rings. The second kappa shape index (κ2) is 9.21. The zero-order chi connectivity index (χ0) is 21.3. The number of tetrazole rings is 1. The van der Waals surface area contributed by atoms with Gasteiger partial charge in [-0.3, -0.25) is 4.57 Å². The monoisotopic (exact) mass is 571 g/mol. The Bertz CT molecular complexity index is 1150. The number of hydrogen-bond acceptors (Lipinski definition) is 4. The predicted octanol–water partition coefficient (Wildman–Crippen LogP) is 6.08. The number of aromatic amines is 1. The quantitative estimate of drug-likeness (QED) is 0.291. The van der Waals surface area contributed by atoms with Crippen molar-refractivity contribution in [2.24, 2.45) is 0 Å². The van der Waals surface area contributed by atoms with Crippen molar-refractivity contribution in [1.29, 1.82) is 0 Å². The summed E-state index contributed by atoms with van der Waals surface area (Å²) in [7, 11) is 0. The lowest BCUT2D eigenvalue weighted by Crippen LogP contribution is -2.06. The number of aryl methyl sites for hydroxylation is 1. The SMILES string of the molecule is CCCCc1nc(Br)c(Br)n1Cc1ccc(-n2c(Cl)cc(Cl)c2-c2nn[nH]n2)cc1. The van der Waals surface area contributed by atoms with Crippen LogP contribution in [0.4, 0.5) is 0 Å². The lowest BCUT2D eigenvalue weighted by atomic mass is 10.2. The molecule has 1 aromatic carbocycles. The fourth-order valence-electron chi connectivity index (χ4n) is 3.24. The van der Waals surface area contributed by atoms with Crippen LogP contribution < -0.4 is 0 Å². The molecule has 7 nitrogen and oxygen atoms in total. The topological polar surface area (TPSA) is 77.2 Å². The summed E-state index contributed by atoms with van der Waals surface area (Å²) >= 11 is 20.0. The molecule has 0 bridgehead atoms.